The number of hydrogen-bond donors (Lipinski definition) is 4. The van der Waals surface area contributed by atoms with E-state index in [1.165, 1.54) is 56.8 Å². The molecule has 2 aromatic carbocycles. The van der Waals surface area contributed by atoms with Gasteiger partial charge in [-0.3, -0.25) is 4.79 Å². The molecule has 0 aromatic heterocycles. The highest BCUT2D eigenvalue weighted by molar-refractivity contribution is 5.60. The van der Waals surface area contributed by atoms with Gasteiger partial charge in [-0.05, 0) is 81.8 Å². The number of ether oxygens (including phenoxy) is 2. The number of piperazine rings is 1. The normalized spacial score (nSPS) is 17.1. The maximum absolute atomic E-state index is 14.5. The van der Waals surface area contributed by atoms with E-state index in [2.05, 4.69) is 43.9 Å². The monoisotopic (exact) mass is 601 g/mol. The molecule has 0 aliphatic carbocycles. The topological polar surface area (TPSA) is 98.3 Å². The van der Waals surface area contributed by atoms with Crippen LogP contribution in [-0.4, -0.2) is 90.7 Å². The van der Waals surface area contributed by atoms with E-state index >= 15 is 0 Å². The van der Waals surface area contributed by atoms with E-state index < -0.39 is 0 Å². The van der Waals surface area contributed by atoms with Crippen molar-refractivity contribution in [3.8, 4) is 11.5 Å². The molecule has 0 spiro atoms. The number of carbonyl (C=O) groups excluding carboxylic acids is 1. The van der Waals surface area contributed by atoms with Crippen LogP contribution in [0.2, 0.25) is 0 Å². The highest BCUT2D eigenvalue weighted by atomic mass is 19.1. The summed E-state index contributed by atoms with van der Waals surface area (Å²) in [4.78, 5) is 15.4. The molecule has 5 rings (SSSR count). The van der Waals surface area contributed by atoms with Gasteiger partial charge in [0.1, 0.15) is 23.4 Å². The van der Waals surface area contributed by atoms with Gasteiger partial charge in [-0.1, -0.05) is 6.07 Å². The summed E-state index contributed by atoms with van der Waals surface area (Å²) < 4.78 is 26.4. The van der Waals surface area contributed by atoms with Crippen molar-refractivity contribution in [1.82, 2.24) is 16.0 Å². The van der Waals surface area contributed by atoms with E-state index in [0.29, 0.717) is 25.1 Å². The van der Waals surface area contributed by atoms with Crippen LogP contribution in [0, 0.1) is 5.82 Å². The van der Waals surface area contributed by atoms with Crippen molar-refractivity contribution in [2.45, 2.75) is 57.5 Å². The van der Waals surface area contributed by atoms with E-state index in [1.807, 2.05) is 6.07 Å². The van der Waals surface area contributed by atoms with Crippen LogP contribution in [0.15, 0.2) is 36.4 Å². The fraction of sp³-hybridized carbons (Fsp3) is 0.606. The Kier molecular flexibility index (Phi) is 16.0. The van der Waals surface area contributed by atoms with Crippen LogP contribution in [0.4, 0.5) is 15.8 Å². The number of amides is 1. The molecular formula is C33H52FN5O4. The Morgan fingerprint density at radius 2 is 1.63 bits per heavy atom. The Bertz CT molecular complexity index is 1050. The number of anilines is 2. The third-order valence-electron chi connectivity index (χ3n) is 7.99. The molecule has 43 heavy (non-hydrogen) atoms. The zero-order valence-corrected chi connectivity index (χ0v) is 26.1. The highest BCUT2D eigenvalue weighted by Gasteiger charge is 2.18. The summed E-state index contributed by atoms with van der Waals surface area (Å²) in [5, 5.41) is 16.3. The lowest BCUT2D eigenvalue weighted by atomic mass is 10.0. The second-order valence-electron chi connectivity index (χ2n) is 11.0. The van der Waals surface area contributed by atoms with E-state index in [9.17, 15) is 9.18 Å². The molecule has 0 saturated carbocycles. The van der Waals surface area contributed by atoms with Gasteiger partial charge in [0, 0.05) is 77.2 Å². The minimum Gasteiger partial charge on any atom is -0.495 e. The number of halogens is 1. The molecule has 9 nitrogen and oxygen atoms in total. The van der Waals surface area contributed by atoms with E-state index in [1.54, 1.807) is 13.2 Å². The molecule has 3 aliphatic rings. The largest absolute Gasteiger partial charge is 0.495 e. The predicted molar refractivity (Wildman–Crippen MR) is 172 cm³/mol. The molecule has 3 heterocycles. The Balaban J connectivity index is 0.000000644. The number of methoxy groups -OCH3 is 1. The average molecular weight is 602 g/mol. The number of aliphatic hydroxyl groups is 1. The summed E-state index contributed by atoms with van der Waals surface area (Å²) in [5.41, 5.74) is 3.22. The number of aliphatic hydroxyl groups excluding tert-OH is 1. The van der Waals surface area contributed by atoms with Crippen LogP contribution in [0.1, 0.15) is 50.5 Å². The Hall–Kier alpha value is -3.08. The first-order chi connectivity index (χ1) is 21.2. The van der Waals surface area contributed by atoms with Gasteiger partial charge in [0.05, 0.1) is 12.8 Å². The quantitative estimate of drug-likeness (QED) is 0.216. The van der Waals surface area contributed by atoms with Gasteiger partial charge in [0.15, 0.2) is 0 Å². The minimum atomic E-state index is -0.299. The Morgan fingerprint density at radius 3 is 2.28 bits per heavy atom. The number of rotatable bonds is 12. The first kappa shape index (κ1) is 34.4. The van der Waals surface area contributed by atoms with Crippen LogP contribution in [0.5, 0.6) is 11.5 Å². The number of aryl methyl sites for hydroxylation is 1. The third kappa shape index (κ3) is 11.8. The van der Waals surface area contributed by atoms with Crippen molar-refractivity contribution in [1.29, 1.82) is 0 Å². The predicted octanol–water partition coefficient (Wildman–Crippen LogP) is 3.73. The molecular weight excluding hydrogens is 549 g/mol. The van der Waals surface area contributed by atoms with Crippen LogP contribution in [0.3, 0.4) is 0 Å². The van der Waals surface area contributed by atoms with Crippen molar-refractivity contribution in [2.75, 3.05) is 82.9 Å². The maximum atomic E-state index is 14.5. The second kappa shape index (κ2) is 20.0. The van der Waals surface area contributed by atoms with Crippen molar-refractivity contribution < 1.29 is 23.8 Å². The summed E-state index contributed by atoms with van der Waals surface area (Å²) in [6.45, 7) is 8.56. The molecule has 1 atom stereocenters. The van der Waals surface area contributed by atoms with Crippen molar-refractivity contribution >= 4 is 17.8 Å². The van der Waals surface area contributed by atoms with Gasteiger partial charge in [-0.15, -0.1) is 0 Å². The number of hydrogen-bond acceptors (Lipinski definition) is 8. The molecule has 3 saturated heterocycles. The van der Waals surface area contributed by atoms with Crippen LogP contribution >= 0.6 is 0 Å². The van der Waals surface area contributed by atoms with Crippen molar-refractivity contribution in [2.24, 2.45) is 0 Å². The second-order valence-corrected chi connectivity index (χ2v) is 11.0. The molecule has 3 fully saturated rings. The SMILES string of the molecule is C1CCNC1.CO.COc1ccc(CCC(CCNC=O)Oc2cc(F)cc(N3CCNCC3)c2)cc1N1CCCCC1. The fourth-order valence-corrected chi connectivity index (χ4v) is 5.71. The number of nitrogens with zero attached hydrogens (tertiary/aromatic N) is 2. The van der Waals surface area contributed by atoms with Crippen LogP contribution < -0.4 is 35.2 Å². The zero-order chi connectivity index (χ0) is 30.7. The van der Waals surface area contributed by atoms with E-state index in [4.69, 9.17) is 14.6 Å². The highest BCUT2D eigenvalue weighted by Crippen LogP contribution is 2.32. The van der Waals surface area contributed by atoms with E-state index in [-0.39, 0.29) is 11.9 Å². The zero-order valence-electron chi connectivity index (χ0n) is 26.1. The maximum Gasteiger partial charge on any atom is 0.207 e. The molecule has 2 aromatic rings. The first-order valence-corrected chi connectivity index (χ1v) is 15.8. The van der Waals surface area contributed by atoms with Crippen LogP contribution in [-0.2, 0) is 11.2 Å². The summed E-state index contributed by atoms with van der Waals surface area (Å²) >= 11 is 0. The average Bonchev–Trinajstić information content (AvgIpc) is 3.66. The van der Waals surface area contributed by atoms with Gasteiger partial charge in [0.2, 0.25) is 6.41 Å². The lowest BCUT2D eigenvalue weighted by Gasteiger charge is -2.30. The fourth-order valence-electron chi connectivity index (χ4n) is 5.71. The first-order valence-electron chi connectivity index (χ1n) is 15.8. The number of benzene rings is 2. The number of nitrogens with one attached hydrogen (secondary N) is 3. The van der Waals surface area contributed by atoms with E-state index in [0.717, 1.165) is 76.3 Å². The summed E-state index contributed by atoms with van der Waals surface area (Å²) in [6.07, 6.45) is 9.23. The smallest absolute Gasteiger partial charge is 0.207 e. The van der Waals surface area contributed by atoms with Crippen molar-refractivity contribution in [3.63, 3.8) is 0 Å². The Labute approximate surface area is 257 Å². The lowest BCUT2D eigenvalue weighted by Crippen LogP contribution is -2.43. The minimum absolute atomic E-state index is 0.157. The number of carbonyl (C=O) groups is 1. The van der Waals surface area contributed by atoms with Gasteiger partial charge < -0.3 is 40.3 Å². The molecule has 0 bridgehead atoms. The number of piperidine rings is 1. The molecule has 4 N–H and O–H groups in total. The molecule has 240 valence electrons. The molecule has 3 aliphatic heterocycles. The summed E-state index contributed by atoms with van der Waals surface area (Å²) in [5.74, 6) is 1.14. The summed E-state index contributed by atoms with van der Waals surface area (Å²) in [6, 6.07) is 11.3. The van der Waals surface area contributed by atoms with Gasteiger partial charge >= 0.3 is 0 Å². The molecule has 1 unspecified atom stereocenters. The molecule has 0 radical (unpaired) electrons. The Morgan fingerprint density at radius 1 is 0.907 bits per heavy atom. The third-order valence-corrected chi connectivity index (χ3v) is 7.99. The summed E-state index contributed by atoms with van der Waals surface area (Å²) in [7, 11) is 2.72. The molecule has 1 amide bonds. The van der Waals surface area contributed by atoms with Gasteiger partial charge in [0.25, 0.3) is 0 Å². The lowest BCUT2D eigenvalue weighted by molar-refractivity contribution is -0.109. The van der Waals surface area contributed by atoms with Crippen LogP contribution in [0.25, 0.3) is 0 Å². The molecule has 10 heteroatoms. The standard InChI is InChI=1S/C28H39FN4O3.C4H9N.CH4O/c1-35-28-8-6-22(17-27(28)33-13-3-2-4-14-33)5-7-25(9-10-31-21-34)36-26-19-23(29)18-24(20-26)32-15-11-30-12-16-32;1-2-4-5-3-1;1-2/h6,8,17-21,25,30H,2-5,7,9-16H2,1H3,(H,31,34);5H,1-4H2;2H,1H3. The van der Waals surface area contributed by atoms with Crippen molar-refractivity contribution in [3.05, 3.63) is 47.8 Å². The van der Waals surface area contributed by atoms with Gasteiger partial charge in [-0.25, -0.2) is 4.39 Å². The van der Waals surface area contributed by atoms with Gasteiger partial charge in [-0.2, -0.15) is 0 Å².